The maximum atomic E-state index is 5.81. The van der Waals surface area contributed by atoms with Crippen LogP contribution >= 0.6 is 0 Å². The number of likely N-dealkylation sites (N-methyl/N-ethyl adjacent to an activating group) is 1. The fourth-order valence-electron chi connectivity index (χ4n) is 3.24. The van der Waals surface area contributed by atoms with E-state index in [1.54, 1.807) is 0 Å². The number of hydrogen-bond donors (Lipinski definition) is 1. The molecule has 0 radical (unpaired) electrons. The molecule has 1 fully saturated rings. The standard InChI is InChI=1S/C16H24N4O/c1-3-20(4-2)13-7-8-19(10-13)11-16-18-14-9-12(17)5-6-15(14)21-16/h5-6,9,13H,3-4,7-8,10-11,17H2,1-2H3. The molecular weight excluding hydrogens is 264 g/mol. The van der Waals surface area contributed by atoms with E-state index >= 15 is 0 Å². The summed E-state index contributed by atoms with van der Waals surface area (Å²) >= 11 is 0. The first-order chi connectivity index (χ1) is 10.2. The van der Waals surface area contributed by atoms with Gasteiger partial charge in [-0.2, -0.15) is 0 Å². The van der Waals surface area contributed by atoms with Gasteiger partial charge in [-0.15, -0.1) is 0 Å². The SMILES string of the molecule is CCN(CC)C1CCN(Cc2nc3cc(N)ccc3o2)C1. The summed E-state index contributed by atoms with van der Waals surface area (Å²) in [5.41, 5.74) is 8.18. The Balaban J connectivity index is 1.66. The van der Waals surface area contributed by atoms with E-state index in [-0.39, 0.29) is 0 Å². The number of oxazole rings is 1. The van der Waals surface area contributed by atoms with Crippen LogP contribution in [0.2, 0.25) is 0 Å². The van der Waals surface area contributed by atoms with Gasteiger partial charge in [-0.05, 0) is 37.7 Å². The van der Waals surface area contributed by atoms with Crippen molar-refractivity contribution in [2.75, 3.05) is 31.9 Å². The van der Waals surface area contributed by atoms with Crippen LogP contribution in [0.3, 0.4) is 0 Å². The number of fused-ring (bicyclic) bond motifs is 1. The zero-order chi connectivity index (χ0) is 14.8. The van der Waals surface area contributed by atoms with E-state index in [4.69, 9.17) is 10.2 Å². The lowest BCUT2D eigenvalue weighted by molar-refractivity contribution is 0.204. The summed E-state index contributed by atoms with van der Waals surface area (Å²) in [6.07, 6.45) is 1.23. The normalized spacial score (nSPS) is 19.9. The molecule has 1 unspecified atom stereocenters. The van der Waals surface area contributed by atoms with Crippen LogP contribution in [0.1, 0.15) is 26.2 Å². The molecule has 1 saturated heterocycles. The predicted molar refractivity (Wildman–Crippen MR) is 85.0 cm³/mol. The Morgan fingerprint density at radius 3 is 2.95 bits per heavy atom. The van der Waals surface area contributed by atoms with Crippen molar-refractivity contribution in [3.8, 4) is 0 Å². The summed E-state index contributed by atoms with van der Waals surface area (Å²) in [5.74, 6) is 0.788. The van der Waals surface area contributed by atoms with Crippen molar-refractivity contribution in [2.24, 2.45) is 0 Å². The number of aromatic nitrogens is 1. The molecule has 0 saturated carbocycles. The van der Waals surface area contributed by atoms with E-state index in [1.165, 1.54) is 6.42 Å². The lowest BCUT2D eigenvalue weighted by Crippen LogP contribution is -2.37. The van der Waals surface area contributed by atoms with Crippen LogP contribution in [-0.2, 0) is 6.54 Å². The average Bonchev–Trinajstić information content (AvgIpc) is 3.07. The van der Waals surface area contributed by atoms with E-state index in [0.29, 0.717) is 6.04 Å². The lowest BCUT2D eigenvalue weighted by Gasteiger charge is -2.25. The molecule has 2 aromatic rings. The van der Waals surface area contributed by atoms with Gasteiger partial charge in [0.25, 0.3) is 0 Å². The summed E-state index contributed by atoms with van der Waals surface area (Å²) in [6.45, 7) is 9.71. The van der Waals surface area contributed by atoms with Crippen molar-refractivity contribution >= 4 is 16.8 Å². The Morgan fingerprint density at radius 2 is 2.19 bits per heavy atom. The molecule has 0 bridgehead atoms. The number of nitrogens with zero attached hydrogens (tertiary/aromatic N) is 3. The second kappa shape index (κ2) is 6.03. The highest BCUT2D eigenvalue weighted by Gasteiger charge is 2.27. The van der Waals surface area contributed by atoms with Gasteiger partial charge in [0.05, 0.1) is 6.54 Å². The molecule has 114 valence electrons. The van der Waals surface area contributed by atoms with Gasteiger partial charge in [-0.25, -0.2) is 4.98 Å². The summed E-state index contributed by atoms with van der Waals surface area (Å²) in [4.78, 5) is 9.51. The quantitative estimate of drug-likeness (QED) is 0.856. The van der Waals surface area contributed by atoms with Gasteiger partial charge in [0.1, 0.15) is 5.52 Å². The Morgan fingerprint density at radius 1 is 1.38 bits per heavy atom. The molecular formula is C16H24N4O. The molecule has 2 heterocycles. The van der Waals surface area contributed by atoms with E-state index in [9.17, 15) is 0 Å². The first-order valence-electron chi connectivity index (χ1n) is 7.81. The van der Waals surface area contributed by atoms with Crippen LogP contribution in [0.4, 0.5) is 5.69 Å². The second-order valence-electron chi connectivity index (χ2n) is 5.73. The predicted octanol–water partition coefficient (Wildman–Crippen LogP) is 2.33. The number of likely N-dealkylation sites (tertiary alicyclic amines) is 1. The highest BCUT2D eigenvalue weighted by molar-refractivity contribution is 5.76. The molecule has 1 aromatic heterocycles. The zero-order valence-corrected chi connectivity index (χ0v) is 12.9. The van der Waals surface area contributed by atoms with Crippen molar-refractivity contribution < 1.29 is 4.42 Å². The van der Waals surface area contributed by atoms with Crippen molar-refractivity contribution in [1.82, 2.24) is 14.8 Å². The number of rotatable bonds is 5. The van der Waals surface area contributed by atoms with Gasteiger partial charge < -0.3 is 10.2 Å². The van der Waals surface area contributed by atoms with Gasteiger partial charge in [-0.1, -0.05) is 13.8 Å². The van der Waals surface area contributed by atoms with E-state index < -0.39 is 0 Å². The van der Waals surface area contributed by atoms with Crippen LogP contribution in [0.25, 0.3) is 11.1 Å². The van der Waals surface area contributed by atoms with E-state index in [0.717, 1.165) is 55.4 Å². The third-order valence-corrected chi connectivity index (χ3v) is 4.39. The molecule has 0 amide bonds. The first-order valence-corrected chi connectivity index (χ1v) is 7.81. The minimum Gasteiger partial charge on any atom is -0.439 e. The van der Waals surface area contributed by atoms with Crippen LogP contribution in [0.15, 0.2) is 22.6 Å². The molecule has 1 aromatic carbocycles. The summed E-state index contributed by atoms with van der Waals surface area (Å²) in [7, 11) is 0. The Labute approximate surface area is 125 Å². The minimum absolute atomic E-state index is 0.667. The van der Waals surface area contributed by atoms with Crippen molar-refractivity contribution in [1.29, 1.82) is 0 Å². The van der Waals surface area contributed by atoms with Crippen molar-refractivity contribution in [2.45, 2.75) is 32.9 Å². The molecule has 3 rings (SSSR count). The topological polar surface area (TPSA) is 58.5 Å². The summed E-state index contributed by atoms with van der Waals surface area (Å²) in [6, 6.07) is 6.28. The monoisotopic (exact) mass is 288 g/mol. The number of nitrogen functional groups attached to an aromatic ring is 1. The van der Waals surface area contributed by atoms with Gasteiger partial charge >= 0.3 is 0 Å². The largest absolute Gasteiger partial charge is 0.439 e. The lowest BCUT2D eigenvalue weighted by atomic mass is 10.2. The average molecular weight is 288 g/mol. The summed E-state index contributed by atoms with van der Waals surface area (Å²) < 4.78 is 5.81. The maximum Gasteiger partial charge on any atom is 0.209 e. The molecule has 5 nitrogen and oxygen atoms in total. The Kier molecular flexibility index (Phi) is 4.12. The molecule has 1 atom stereocenters. The van der Waals surface area contributed by atoms with Gasteiger partial charge in [-0.3, -0.25) is 9.80 Å². The Hall–Kier alpha value is -1.59. The second-order valence-corrected chi connectivity index (χ2v) is 5.73. The number of hydrogen-bond acceptors (Lipinski definition) is 5. The third-order valence-electron chi connectivity index (χ3n) is 4.39. The molecule has 5 heteroatoms. The molecule has 1 aliphatic rings. The van der Waals surface area contributed by atoms with Gasteiger partial charge in [0.2, 0.25) is 5.89 Å². The number of anilines is 1. The maximum absolute atomic E-state index is 5.81. The summed E-state index contributed by atoms with van der Waals surface area (Å²) in [5, 5.41) is 0. The van der Waals surface area contributed by atoms with Gasteiger partial charge in [0, 0.05) is 24.8 Å². The Bertz CT molecular complexity index is 605. The van der Waals surface area contributed by atoms with E-state index in [2.05, 4.69) is 28.6 Å². The molecule has 0 spiro atoms. The number of benzene rings is 1. The van der Waals surface area contributed by atoms with E-state index in [1.807, 2.05) is 18.2 Å². The zero-order valence-electron chi connectivity index (χ0n) is 12.9. The molecule has 21 heavy (non-hydrogen) atoms. The van der Waals surface area contributed by atoms with Crippen LogP contribution < -0.4 is 5.73 Å². The number of nitrogens with two attached hydrogens (primary N) is 1. The molecule has 0 aliphatic carbocycles. The molecule has 1 aliphatic heterocycles. The fourth-order valence-corrected chi connectivity index (χ4v) is 3.24. The van der Waals surface area contributed by atoms with Crippen molar-refractivity contribution in [3.05, 3.63) is 24.1 Å². The highest BCUT2D eigenvalue weighted by Crippen LogP contribution is 2.22. The smallest absolute Gasteiger partial charge is 0.209 e. The third kappa shape index (κ3) is 3.04. The van der Waals surface area contributed by atoms with Crippen LogP contribution in [0, 0.1) is 0 Å². The van der Waals surface area contributed by atoms with Crippen molar-refractivity contribution in [3.63, 3.8) is 0 Å². The molecule has 2 N–H and O–H groups in total. The fraction of sp³-hybridized carbons (Fsp3) is 0.562. The van der Waals surface area contributed by atoms with Crippen LogP contribution in [-0.4, -0.2) is 47.0 Å². The van der Waals surface area contributed by atoms with Gasteiger partial charge in [0.15, 0.2) is 5.58 Å². The minimum atomic E-state index is 0.667. The van der Waals surface area contributed by atoms with Crippen LogP contribution in [0.5, 0.6) is 0 Å². The highest BCUT2D eigenvalue weighted by atomic mass is 16.3. The first kappa shape index (κ1) is 14.4.